The number of fused-ring (bicyclic) bond motifs is 1. The van der Waals surface area contributed by atoms with Crippen LogP contribution in [-0.4, -0.2) is 35.9 Å². The van der Waals surface area contributed by atoms with Crippen molar-refractivity contribution >= 4 is 29.3 Å². The van der Waals surface area contributed by atoms with Gasteiger partial charge in [-0.2, -0.15) is 0 Å². The number of ketones is 1. The average Bonchev–Trinajstić information content (AvgIpc) is 2.71. The molecule has 3 rings (SSSR count). The smallest absolute Gasteiger partial charge is 0.320 e. The first-order valence-corrected chi connectivity index (χ1v) is 9.90. The molecule has 0 fully saturated rings. The predicted octanol–water partition coefficient (Wildman–Crippen LogP) is 3.19. The molecule has 2 atom stereocenters. The Kier molecular flexibility index (Phi) is 6.33. The number of nitrogens with one attached hydrogen (secondary N) is 1. The summed E-state index contributed by atoms with van der Waals surface area (Å²) in [6, 6.07) is 7.52. The van der Waals surface area contributed by atoms with Crippen LogP contribution >= 0.6 is 11.6 Å². The summed E-state index contributed by atoms with van der Waals surface area (Å²) in [6.07, 6.45) is -0.960. The molecule has 0 bridgehead atoms. The Morgan fingerprint density at radius 2 is 1.87 bits per heavy atom. The van der Waals surface area contributed by atoms with Crippen LogP contribution in [0, 0.1) is 5.82 Å². The largest absolute Gasteiger partial charge is 0.484 e. The van der Waals surface area contributed by atoms with Crippen molar-refractivity contribution in [2.75, 3.05) is 6.54 Å². The number of hydrogen-bond acceptors (Lipinski definition) is 6. The predicted molar refractivity (Wildman–Crippen MR) is 112 cm³/mol. The third-order valence-corrected chi connectivity index (χ3v) is 5.30. The Morgan fingerprint density at radius 1 is 1.19 bits per heavy atom. The molecule has 0 unspecified atom stereocenters. The summed E-state index contributed by atoms with van der Waals surface area (Å²) < 4.78 is 25.0. The highest BCUT2D eigenvalue weighted by atomic mass is 35.5. The first-order chi connectivity index (χ1) is 14.5. The van der Waals surface area contributed by atoms with Crippen molar-refractivity contribution in [2.45, 2.75) is 38.5 Å². The van der Waals surface area contributed by atoms with Gasteiger partial charge in [0.1, 0.15) is 17.2 Å². The van der Waals surface area contributed by atoms with E-state index in [4.69, 9.17) is 26.8 Å². The number of carbonyl (C=O) groups excluding carboxylic acids is 3. The standard InChI is InChI=1S/C22H22ClFN2O5/c1-11(27)12-5-7-17-14(8-12)19(20(22(2,3)31-17)30-18(28)10-25)26-21(29)13-4-6-16(24)15(23)9-13/h4-9,19-20H,10,25H2,1-3H3,(H,26,29)/t19-,20-/m0/s1. The van der Waals surface area contributed by atoms with Gasteiger partial charge in [-0.15, -0.1) is 0 Å². The van der Waals surface area contributed by atoms with Gasteiger partial charge in [0.05, 0.1) is 17.6 Å². The van der Waals surface area contributed by atoms with Crippen molar-refractivity contribution in [2.24, 2.45) is 5.73 Å². The van der Waals surface area contributed by atoms with E-state index in [2.05, 4.69) is 5.32 Å². The average molecular weight is 449 g/mol. The molecule has 7 nitrogen and oxygen atoms in total. The number of nitrogens with two attached hydrogens (primary N) is 1. The fourth-order valence-electron chi connectivity index (χ4n) is 3.42. The third kappa shape index (κ3) is 4.70. The summed E-state index contributed by atoms with van der Waals surface area (Å²) >= 11 is 5.80. The van der Waals surface area contributed by atoms with E-state index in [0.29, 0.717) is 16.9 Å². The zero-order chi connectivity index (χ0) is 22.9. The topological polar surface area (TPSA) is 108 Å². The molecule has 1 aliphatic rings. The van der Waals surface area contributed by atoms with Crippen LogP contribution in [-0.2, 0) is 9.53 Å². The van der Waals surface area contributed by atoms with E-state index < -0.39 is 35.4 Å². The van der Waals surface area contributed by atoms with Gasteiger partial charge in [0.15, 0.2) is 11.9 Å². The van der Waals surface area contributed by atoms with E-state index in [1.165, 1.54) is 19.1 Å². The minimum atomic E-state index is -1.03. The van der Waals surface area contributed by atoms with Gasteiger partial charge in [-0.3, -0.25) is 14.4 Å². The van der Waals surface area contributed by atoms with Crippen molar-refractivity contribution in [3.05, 3.63) is 63.9 Å². The number of ether oxygens (including phenoxy) is 2. The lowest BCUT2D eigenvalue weighted by atomic mass is 9.85. The number of hydrogen-bond donors (Lipinski definition) is 2. The molecule has 1 aliphatic heterocycles. The van der Waals surface area contributed by atoms with Crippen molar-refractivity contribution < 1.29 is 28.2 Å². The second-order valence-electron chi connectivity index (χ2n) is 7.71. The third-order valence-electron chi connectivity index (χ3n) is 5.01. The van der Waals surface area contributed by atoms with Crippen molar-refractivity contribution in [3.63, 3.8) is 0 Å². The first-order valence-electron chi connectivity index (χ1n) is 9.53. The molecule has 9 heteroatoms. The molecule has 2 aromatic rings. The minimum Gasteiger partial charge on any atom is -0.484 e. The lowest BCUT2D eigenvalue weighted by Crippen LogP contribution is -2.55. The van der Waals surface area contributed by atoms with E-state index in [0.717, 1.165) is 6.07 Å². The summed E-state index contributed by atoms with van der Waals surface area (Å²) in [5.41, 5.74) is 5.35. The Bertz CT molecular complexity index is 1060. The Balaban J connectivity index is 2.07. The van der Waals surface area contributed by atoms with Crippen LogP contribution in [0.3, 0.4) is 0 Å². The molecule has 0 saturated carbocycles. The number of esters is 1. The van der Waals surface area contributed by atoms with Gasteiger partial charge in [0.2, 0.25) is 0 Å². The summed E-state index contributed by atoms with van der Waals surface area (Å²) in [6.45, 7) is 4.46. The molecule has 1 heterocycles. The summed E-state index contributed by atoms with van der Waals surface area (Å²) in [7, 11) is 0. The van der Waals surface area contributed by atoms with Crippen LogP contribution in [0.15, 0.2) is 36.4 Å². The Labute approximate surface area is 183 Å². The maximum atomic E-state index is 13.5. The second-order valence-corrected chi connectivity index (χ2v) is 8.12. The lowest BCUT2D eigenvalue weighted by Gasteiger charge is -2.44. The van der Waals surface area contributed by atoms with E-state index in [-0.39, 0.29) is 22.9 Å². The molecule has 0 spiro atoms. The van der Waals surface area contributed by atoms with Gasteiger partial charge < -0.3 is 20.5 Å². The van der Waals surface area contributed by atoms with Crippen molar-refractivity contribution in [3.8, 4) is 5.75 Å². The van der Waals surface area contributed by atoms with Crippen LogP contribution < -0.4 is 15.8 Å². The fourth-order valence-corrected chi connectivity index (χ4v) is 3.60. The molecule has 31 heavy (non-hydrogen) atoms. The van der Waals surface area contributed by atoms with Gasteiger partial charge in [0, 0.05) is 16.7 Å². The summed E-state index contributed by atoms with van der Waals surface area (Å²) in [5.74, 6) is -1.66. The van der Waals surface area contributed by atoms with E-state index >= 15 is 0 Å². The van der Waals surface area contributed by atoms with Crippen molar-refractivity contribution in [1.29, 1.82) is 0 Å². The van der Waals surface area contributed by atoms with Gasteiger partial charge in [-0.05, 0) is 57.2 Å². The van der Waals surface area contributed by atoms with Crippen LogP contribution in [0.1, 0.15) is 53.1 Å². The number of amides is 1. The minimum absolute atomic E-state index is 0.115. The number of carbonyl (C=O) groups is 3. The van der Waals surface area contributed by atoms with Crippen LogP contribution in [0.25, 0.3) is 0 Å². The van der Waals surface area contributed by atoms with Crippen LogP contribution in [0.2, 0.25) is 5.02 Å². The van der Waals surface area contributed by atoms with Gasteiger partial charge in [0.25, 0.3) is 5.91 Å². The zero-order valence-corrected chi connectivity index (χ0v) is 18.0. The fraction of sp³-hybridized carbons (Fsp3) is 0.318. The first kappa shape index (κ1) is 22.7. The highest BCUT2D eigenvalue weighted by molar-refractivity contribution is 6.31. The molecule has 164 valence electrons. The summed E-state index contributed by atoms with van der Waals surface area (Å²) in [4.78, 5) is 36.9. The molecular weight excluding hydrogens is 427 g/mol. The maximum Gasteiger partial charge on any atom is 0.320 e. The van der Waals surface area contributed by atoms with Gasteiger partial charge in [-0.1, -0.05) is 11.6 Å². The highest BCUT2D eigenvalue weighted by Crippen LogP contribution is 2.42. The number of rotatable bonds is 5. The molecule has 3 N–H and O–H groups in total. The van der Waals surface area contributed by atoms with E-state index in [9.17, 15) is 18.8 Å². The summed E-state index contributed by atoms with van der Waals surface area (Å²) in [5, 5.41) is 2.61. The van der Waals surface area contributed by atoms with Gasteiger partial charge in [-0.25, -0.2) is 4.39 Å². The number of halogens is 2. The van der Waals surface area contributed by atoms with Gasteiger partial charge >= 0.3 is 5.97 Å². The molecule has 2 aromatic carbocycles. The van der Waals surface area contributed by atoms with Crippen molar-refractivity contribution in [1.82, 2.24) is 5.32 Å². The molecule has 0 radical (unpaired) electrons. The molecule has 0 saturated heterocycles. The SMILES string of the molecule is CC(=O)c1ccc2c(c1)[C@H](NC(=O)c1ccc(F)c(Cl)c1)[C@H](OC(=O)CN)C(C)(C)O2. The molecular formula is C22H22ClFN2O5. The molecule has 0 aliphatic carbocycles. The highest BCUT2D eigenvalue weighted by Gasteiger charge is 2.47. The Morgan fingerprint density at radius 3 is 2.48 bits per heavy atom. The number of benzene rings is 2. The number of Topliss-reactive ketones (excluding diaryl/α,β-unsaturated/α-hetero) is 1. The Hall–Kier alpha value is -2.97. The lowest BCUT2D eigenvalue weighted by molar-refractivity contribution is -0.163. The quantitative estimate of drug-likeness (QED) is 0.537. The van der Waals surface area contributed by atoms with Crippen LogP contribution in [0.4, 0.5) is 4.39 Å². The molecule has 0 aromatic heterocycles. The second kappa shape index (κ2) is 8.64. The maximum absolute atomic E-state index is 13.5. The van der Waals surface area contributed by atoms with E-state index in [1.54, 1.807) is 32.0 Å². The van der Waals surface area contributed by atoms with E-state index in [1.807, 2.05) is 0 Å². The van der Waals surface area contributed by atoms with Crippen LogP contribution in [0.5, 0.6) is 5.75 Å². The zero-order valence-electron chi connectivity index (χ0n) is 17.2. The monoisotopic (exact) mass is 448 g/mol. The normalized spacial score (nSPS) is 19.0. The molecule has 1 amide bonds.